The van der Waals surface area contributed by atoms with Crippen molar-refractivity contribution in [2.24, 2.45) is 0 Å². The van der Waals surface area contributed by atoms with Gasteiger partial charge in [0.15, 0.2) is 0 Å². The van der Waals surface area contributed by atoms with Gasteiger partial charge in [0.2, 0.25) is 0 Å². The van der Waals surface area contributed by atoms with Crippen molar-refractivity contribution in [3.63, 3.8) is 0 Å². The van der Waals surface area contributed by atoms with E-state index in [1.54, 1.807) is 0 Å². The first-order valence-corrected chi connectivity index (χ1v) is 3.26. The fourth-order valence-electron chi connectivity index (χ4n) is 0.915. The molecule has 0 amide bonds. The molecule has 0 spiro atoms. The van der Waals surface area contributed by atoms with Gasteiger partial charge in [0.25, 0.3) is 0 Å². The molecule has 1 rings (SSSR count). The van der Waals surface area contributed by atoms with Gasteiger partial charge in [-0.25, -0.2) is 0 Å². The fourth-order valence-corrected chi connectivity index (χ4v) is 1.19. The van der Waals surface area contributed by atoms with Crippen LogP contribution in [0.4, 0.5) is 0 Å². The molecule has 1 heterocycles. The highest BCUT2D eigenvalue weighted by atomic mass is 35.5. The molecular formula is C5H10ClNO. The molecule has 0 aromatic heterocycles. The molecule has 1 fully saturated rings. The third-order valence-corrected chi connectivity index (χ3v) is 1.98. The van der Waals surface area contributed by atoms with E-state index in [0.717, 1.165) is 13.0 Å². The summed E-state index contributed by atoms with van der Waals surface area (Å²) < 4.78 is 0. The molecule has 2 N–H and O–H groups in total. The monoisotopic (exact) mass is 135 g/mol. The maximum absolute atomic E-state index is 8.59. The zero-order valence-corrected chi connectivity index (χ0v) is 5.36. The second-order valence-corrected chi connectivity index (χ2v) is 2.61. The zero-order valence-electron chi connectivity index (χ0n) is 4.60. The van der Waals surface area contributed by atoms with Crippen LogP contribution >= 0.6 is 11.6 Å². The van der Waals surface area contributed by atoms with Crippen LogP contribution in [0.25, 0.3) is 0 Å². The fraction of sp³-hybridized carbons (Fsp3) is 1.00. The Labute approximate surface area is 53.8 Å². The van der Waals surface area contributed by atoms with E-state index in [4.69, 9.17) is 16.7 Å². The first-order valence-electron chi connectivity index (χ1n) is 2.83. The van der Waals surface area contributed by atoms with Crippen molar-refractivity contribution in [2.45, 2.75) is 17.8 Å². The molecule has 0 radical (unpaired) electrons. The minimum atomic E-state index is 0.136. The summed E-state index contributed by atoms with van der Waals surface area (Å²) in [5.41, 5.74) is 0. The summed E-state index contributed by atoms with van der Waals surface area (Å²) in [5.74, 6) is 0. The first kappa shape index (κ1) is 6.33. The van der Waals surface area contributed by atoms with Crippen molar-refractivity contribution < 1.29 is 5.11 Å². The van der Waals surface area contributed by atoms with Crippen molar-refractivity contribution >= 4 is 11.6 Å². The number of hydrogen-bond acceptors (Lipinski definition) is 2. The van der Waals surface area contributed by atoms with Gasteiger partial charge in [-0.05, 0) is 13.0 Å². The lowest BCUT2D eigenvalue weighted by Gasteiger charge is -2.08. The summed E-state index contributed by atoms with van der Waals surface area (Å²) in [5, 5.41) is 11.8. The van der Waals surface area contributed by atoms with Gasteiger partial charge in [0.05, 0.1) is 12.0 Å². The lowest BCUT2D eigenvalue weighted by molar-refractivity contribution is 0.256. The number of rotatable bonds is 1. The van der Waals surface area contributed by atoms with Gasteiger partial charge >= 0.3 is 0 Å². The van der Waals surface area contributed by atoms with Gasteiger partial charge in [-0.2, -0.15) is 0 Å². The number of nitrogens with one attached hydrogen (secondary N) is 1. The van der Waals surface area contributed by atoms with Crippen LogP contribution in [0.5, 0.6) is 0 Å². The minimum Gasteiger partial charge on any atom is -0.395 e. The van der Waals surface area contributed by atoms with Crippen LogP contribution in [0.1, 0.15) is 6.42 Å². The van der Waals surface area contributed by atoms with Crippen LogP contribution < -0.4 is 5.32 Å². The molecule has 0 aliphatic carbocycles. The molecule has 0 aromatic rings. The Bertz CT molecular complexity index is 78.8. The molecule has 0 saturated carbocycles. The van der Waals surface area contributed by atoms with E-state index in [1.807, 2.05) is 0 Å². The van der Waals surface area contributed by atoms with Crippen molar-refractivity contribution in [3.8, 4) is 0 Å². The zero-order chi connectivity index (χ0) is 5.98. The summed E-state index contributed by atoms with van der Waals surface area (Å²) in [4.78, 5) is 0. The molecule has 8 heavy (non-hydrogen) atoms. The average molecular weight is 136 g/mol. The van der Waals surface area contributed by atoms with Gasteiger partial charge in [-0.3, -0.25) is 0 Å². The Morgan fingerprint density at radius 1 is 1.75 bits per heavy atom. The van der Waals surface area contributed by atoms with Crippen molar-refractivity contribution in [2.75, 3.05) is 13.2 Å². The Morgan fingerprint density at radius 2 is 2.50 bits per heavy atom. The maximum atomic E-state index is 8.59. The van der Waals surface area contributed by atoms with E-state index < -0.39 is 0 Å². The highest BCUT2D eigenvalue weighted by Gasteiger charge is 2.22. The summed E-state index contributed by atoms with van der Waals surface area (Å²) in [6.45, 7) is 1.10. The van der Waals surface area contributed by atoms with E-state index in [9.17, 15) is 0 Å². The minimum absolute atomic E-state index is 0.136. The van der Waals surface area contributed by atoms with E-state index in [1.165, 1.54) is 0 Å². The smallest absolute Gasteiger partial charge is 0.0599 e. The van der Waals surface area contributed by atoms with Gasteiger partial charge in [-0.1, -0.05) is 0 Å². The molecule has 2 nitrogen and oxygen atoms in total. The first-order chi connectivity index (χ1) is 3.84. The maximum Gasteiger partial charge on any atom is 0.0599 e. The average Bonchev–Trinajstić information content (AvgIpc) is 2.14. The van der Waals surface area contributed by atoms with Crippen LogP contribution in [0.2, 0.25) is 0 Å². The van der Waals surface area contributed by atoms with Crippen molar-refractivity contribution in [1.29, 1.82) is 0 Å². The standard InChI is InChI=1S/C5H10ClNO/c6-4-1-2-7-5(4)3-8/h4-5,7-8H,1-3H2/t4?,5-/m0/s1. The molecular weight excluding hydrogens is 126 g/mol. The van der Waals surface area contributed by atoms with Crippen molar-refractivity contribution in [3.05, 3.63) is 0 Å². The highest BCUT2D eigenvalue weighted by Crippen LogP contribution is 2.12. The molecule has 0 aromatic carbocycles. The van der Waals surface area contributed by atoms with Crippen LogP contribution in [-0.2, 0) is 0 Å². The number of aliphatic hydroxyl groups excluding tert-OH is 1. The van der Waals surface area contributed by atoms with Gasteiger partial charge in [0.1, 0.15) is 0 Å². The highest BCUT2D eigenvalue weighted by molar-refractivity contribution is 6.21. The van der Waals surface area contributed by atoms with E-state index >= 15 is 0 Å². The summed E-state index contributed by atoms with van der Waals surface area (Å²) in [6.07, 6.45) is 0.979. The predicted molar refractivity (Wildman–Crippen MR) is 33.1 cm³/mol. The lowest BCUT2D eigenvalue weighted by atomic mass is 10.2. The van der Waals surface area contributed by atoms with E-state index in [0.29, 0.717) is 0 Å². The Kier molecular flexibility index (Phi) is 2.11. The van der Waals surface area contributed by atoms with Crippen LogP contribution in [0, 0.1) is 0 Å². The quantitative estimate of drug-likeness (QED) is 0.494. The second-order valence-electron chi connectivity index (χ2n) is 2.05. The predicted octanol–water partition coefficient (Wildman–Crippen LogP) is -0.0520. The van der Waals surface area contributed by atoms with Gasteiger partial charge in [0, 0.05) is 6.04 Å². The third kappa shape index (κ3) is 1.13. The molecule has 3 heteroatoms. The normalized spacial score (nSPS) is 38.2. The molecule has 48 valence electrons. The lowest BCUT2D eigenvalue weighted by Crippen LogP contribution is -2.30. The molecule has 0 bridgehead atoms. The summed E-state index contributed by atoms with van der Waals surface area (Å²) in [6, 6.07) is 0.136. The SMILES string of the molecule is OC[C@@H]1NCCC1Cl. The third-order valence-electron chi connectivity index (χ3n) is 1.46. The van der Waals surface area contributed by atoms with E-state index in [-0.39, 0.29) is 18.0 Å². The number of halogens is 1. The largest absolute Gasteiger partial charge is 0.395 e. The molecule has 2 atom stereocenters. The molecule has 1 aliphatic heterocycles. The van der Waals surface area contributed by atoms with Crippen LogP contribution in [0.15, 0.2) is 0 Å². The molecule has 1 saturated heterocycles. The van der Waals surface area contributed by atoms with Crippen molar-refractivity contribution in [1.82, 2.24) is 5.32 Å². The van der Waals surface area contributed by atoms with Gasteiger partial charge < -0.3 is 10.4 Å². The topological polar surface area (TPSA) is 32.3 Å². The molecule has 1 unspecified atom stereocenters. The Morgan fingerprint density at radius 3 is 2.75 bits per heavy atom. The van der Waals surface area contributed by atoms with Gasteiger partial charge in [-0.15, -0.1) is 11.6 Å². The second kappa shape index (κ2) is 2.67. The Balaban J connectivity index is 2.30. The van der Waals surface area contributed by atoms with E-state index in [2.05, 4.69) is 5.32 Å². The number of hydrogen-bond donors (Lipinski definition) is 2. The van der Waals surface area contributed by atoms with Crippen LogP contribution in [0.3, 0.4) is 0 Å². The number of alkyl halides is 1. The number of aliphatic hydroxyl groups is 1. The summed E-state index contributed by atoms with van der Waals surface area (Å²) in [7, 11) is 0. The molecule has 1 aliphatic rings. The summed E-state index contributed by atoms with van der Waals surface area (Å²) >= 11 is 5.76. The Hall–Kier alpha value is 0.210. The van der Waals surface area contributed by atoms with Crippen LogP contribution in [-0.4, -0.2) is 29.7 Å².